The van der Waals surface area contributed by atoms with Crippen LogP contribution in [0.1, 0.15) is 20.3 Å². The van der Waals surface area contributed by atoms with Gasteiger partial charge in [-0.15, -0.1) is 0 Å². The van der Waals surface area contributed by atoms with Gasteiger partial charge in [-0.25, -0.2) is 4.57 Å². The Bertz CT molecular complexity index is 209. The van der Waals surface area contributed by atoms with Crippen molar-refractivity contribution in [3.63, 3.8) is 0 Å². The molecule has 0 saturated carbocycles. The molecule has 0 rings (SSSR count). The van der Waals surface area contributed by atoms with Gasteiger partial charge in [-0.1, -0.05) is 6.92 Å². The summed E-state index contributed by atoms with van der Waals surface area (Å²) in [4.78, 5) is 27.3. The van der Waals surface area contributed by atoms with Crippen molar-refractivity contribution in [3.8, 4) is 0 Å². The molecule has 6 nitrogen and oxygen atoms in total. The Hall–Kier alpha value is -0.420. The smallest absolute Gasteiger partial charge is 0.460 e. The fourth-order valence-corrected chi connectivity index (χ4v) is 0.948. The van der Waals surface area contributed by atoms with Gasteiger partial charge in [-0.2, -0.15) is 0 Å². The number of hydrogen-bond donors (Lipinski definition) is 2. The molecule has 0 bridgehead atoms. The molecule has 0 aromatic carbocycles. The standard InChI is InChI=1S/C6H13O6P/c1-3-6(7)12-5(2)4-11-13(8,9)10/h5H,3-4H2,1-2H3,(H2,8,9,10). The third-order valence-corrected chi connectivity index (χ3v) is 1.58. The van der Waals surface area contributed by atoms with Crippen LogP contribution in [-0.2, 0) is 18.6 Å². The number of carbonyl (C=O) groups excluding carboxylic acids is 1. The predicted octanol–water partition coefficient (Wildman–Crippen LogP) is 0.437. The van der Waals surface area contributed by atoms with E-state index in [-0.39, 0.29) is 13.0 Å². The number of rotatable bonds is 5. The predicted molar refractivity (Wildman–Crippen MR) is 43.8 cm³/mol. The molecule has 0 aromatic heterocycles. The van der Waals surface area contributed by atoms with E-state index in [2.05, 4.69) is 9.26 Å². The van der Waals surface area contributed by atoms with Crippen molar-refractivity contribution in [1.29, 1.82) is 0 Å². The summed E-state index contributed by atoms with van der Waals surface area (Å²) >= 11 is 0. The van der Waals surface area contributed by atoms with Crippen molar-refractivity contribution in [1.82, 2.24) is 0 Å². The quantitative estimate of drug-likeness (QED) is 0.507. The van der Waals surface area contributed by atoms with Gasteiger partial charge in [0, 0.05) is 6.42 Å². The van der Waals surface area contributed by atoms with E-state index in [1.165, 1.54) is 6.92 Å². The zero-order chi connectivity index (χ0) is 10.5. The molecule has 2 N–H and O–H groups in total. The van der Waals surface area contributed by atoms with Crippen LogP contribution in [0.5, 0.6) is 0 Å². The number of phosphoric ester groups is 1. The minimum absolute atomic E-state index is 0.222. The van der Waals surface area contributed by atoms with Gasteiger partial charge in [0.25, 0.3) is 0 Å². The summed E-state index contributed by atoms with van der Waals surface area (Å²) in [5.74, 6) is -0.429. The molecule has 1 unspecified atom stereocenters. The van der Waals surface area contributed by atoms with E-state index in [1.54, 1.807) is 6.92 Å². The molecule has 0 heterocycles. The maximum atomic E-state index is 10.7. The minimum Gasteiger partial charge on any atom is -0.460 e. The van der Waals surface area contributed by atoms with E-state index in [0.717, 1.165) is 0 Å². The van der Waals surface area contributed by atoms with Crippen LogP contribution in [0.4, 0.5) is 0 Å². The van der Waals surface area contributed by atoms with E-state index in [9.17, 15) is 9.36 Å². The molecule has 1 atom stereocenters. The van der Waals surface area contributed by atoms with Gasteiger partial charge in [0.1, 0.15) is 6.10 Å². The van der Waals surface area contributed by atoms with Gasteiger partial charge in [0.15, 0.2) is 0 Å². The Kier molecular flexibility index (Phi) is 5.17. The number of carbonyl (C=O) groups is 1. The average molecular weight is 212 g/mol. The maximum Gasteiger partial charge on any atom is 0.469 e. The van der Waals surface area contributed by atoms with Gasteiger partial charge in [0.2, 0.25) is 0 Å². The topological polar surface area (TPSA) is 93.1 Å². The number of ether oxygens (including phenoxy) is 1. The van der Waals surface area contributed by atoms with Crippen LogP contribution >= 0.6 is 7.82 Å². The van der Waals surface area contributed by atoms with Gasteiger partial charge < -0.3 is 14.5 Å². The Balaban J connectivity index is 3.70. The number of hydrogen-bond acceptors (Lipinski definition) is 4. The maximum absolute atomic E-state index is 10.7. The van der Waals surface area contributed by atoms with Crippen LogP contribution in [0.25, 0.3) is 0 Å². The number of esters is 1. The lowest BCUT2D eigenvalue weighted by atomic mass is 10.4. The molecule has 0 aliphatic carbocycles. The largest absolute Gasteiger partial charge is 0.469 e. The van der Waals surface area contributed by atoms with Crippen molar-refractivity contribution in [2.75, 3.05) is 6.61 Å². The molecule has 7 heteroatoms. The van der Waals surface area contributed by atoms with Crippen LogP contribution < -0.4 is 0 Å². The number of phosphoric acid groups is 1. The fourth-order valence-electron chi connectivity index (χ4n) is 0.544. The molecule has 0 aromatic rings. The molecule has 0 aliphatic rings. The van der Waals surface area contributed by atoms with Gasteiger partial charge >= 0.3 is 13.8 Å². The second kappa shape index (κ2) is 5.34. The zero-order valence-corrected chi connectivity index (χ0v) is 8.36. The van der Waals surface area contributed by atoms with Crippen molar-refractivity contribution in [2.24, 2.45) is 0 Å². The van der Waals surface area contributed by atoms with Crippen LogP contribution in [0.2, 0.25) is 0 Å². The van der Waals surface area contributed by atoms with Gasteiger partial charge in [0.05, 0.1) is 6.61 Å². The summed E-state index contributed by atoms with van der Waals surface area (Å²) < 4.78 is 19.0. The molecule has 0 aliphatic heterocycles. The summed E-state index contributed by atoms with van der Waals surface area (Å²) in [5, 5.41) is 0. The van der Waals surface area contributed by atoms with Crippen LogP contribution in [0, 0.1) is 0 Å². The molecular formula is C6H13O6P. The van der Waals surface area contributed by atoms with E-state index in [0.29, 0.717) is 0 Å². The normalized spacial score (nSPS) is 13.8. The highest BCUT2D eigenvalue weighted by Gasteiger charge is 2.17. The lowest BCUT2D eigenvalue weighted by molar-refractivity contribution is -0.149. The Morgan fingerprint density at radius 3 is 2.46 bits per heavy atom. The van der Waals surface area contributed by atoms with Crippen LogP contribution in [-0.4, -0.2) is 28.5 Å². The molecule has 0 amide bonds. The van der Waals surface area contributed by atoms with Crippen LogP contribution in [0.15, 0.2) is 0 Å². The highest BCUT2D eigenvalue weighted by molar-refractivity contribution is 7.46. The molecule has 0 spiro atoms. The molecule has 0 fully saturated rings. The zero-order valence-electron chi connectivity index (χ0n) is 7.47. The van der Waals surface area contributed by atoms with E-state index in [1.807, 2.05) is 0 Å². The van der Waals surface area contributed by atoms with E-state index in [4.69, 9.17) is 9.79 Å². The first kappa shape index (κ1) is 12.6. The van der Waals surface area contributed by atoms with Gasteiger partial charge in [-0.05, 0) is 6.92 Å². The Morgan fingerprint density at radius 2 is 2.08 bits per heavy atom. The van der Waals surface area contributed by atoms with Crippen molar-refractivity contribution in [2.45, 2.75) is 26.4 Å². The summed E-state index contributed by atoms with van der Waals surface area (Å²) in [6, 6.07) is 0. The fraction of sp³-hybridized carbons (Fsp3) is 0.833. The summed E-state index contributed by atoms with van der Waals surface area (Å²) in [6.45, 7) is 2.80. The van der Waals surface area contributed by atoms with Crippen LogP contribution in [0.3, 0.4) is 0 Å². The summed E-state index contributed by atoms with van der Waals surface area (Å²) in [7, 11) is -4.46. The monoisotopic (exact) mass is 212 g/mol. The molecule has 13 heavy (non-hydrogen) atoms. The highest BCUT2D eigenvalue weighted by Crippen LogP contribution is 2.35. The average Bonchev–Trinajstić information content (AvgIpc) is 1.99. The second-order valence-corrected chi connectivity index (χ2v) is 3.68. The lowest BCUT2D eigenvalue weighted by Crippen LogP contribution is -2.19. The summed E-state index contributed by atoms with van der Waals surface area (Å²) in [6.07, 6.45) is -0.430. The van der Waals surface area contributed by atoms with E-state index >= 15 is 0 Å². The van der Waals surface area contributed by atoms with Crippen molar-refractivity contribution < 1.29 is 28.4 Å². The Labute approximate surface area is 76.1 Å². The van der Waals surface area contributed by atoms with Gasteiger partial charge in [-0.3, -0.25) is 9.32 Å². The highest BCUT2D eigenvalue weighted by atomic mass is 31.2. The SMILES string of the molecule is CCC(=O)OC(C)COP(=O)(O)O. The lowest BCUT2D eigenvalue weighted by Gasteiger charge is -2.12. The molecule has 0 saturated heterocycles. The first-order chi connectivity index (χ1) is 5.85. The third-order valence-electron chi connectivity index (χ3n) is 1.10. The Morgan fingerprint density at radius 1 is 1.54 bits per heavy atom. The minimum atomic E-state index is -4.46. The first-order valence-corrected chi connectivity index (χ1v) is 5.27. The summed E-state index contributed by atoms with van der Waals surface area (Å²) in [5.41, 5.74) is 0. The van der Waals surface area contributed by atoms with Crippen molar-refractivity contribution >= 4 is 13.8 Å². The molecule has 0 radical (unpaired) electrons. The second-order valence-electron chi connectivity index (χ2n) is 2.44. The van der Waals surface area contributed by atoms with Crippen molar-refractivity contribution in [3.05, 3.63) is 0 Å². The first-order valence-electron chi connectivity index (χ1n) is 3.74. The molecule has 78 valence electrons. The third kappa shape index (κ3) is 7.93. The molecular weight excluding hydrogens is 199 g/mol. The van der Waals surface area contributed by atoms with E-state index < -0.39 is 19.9 Å².